The van der Waals surface area contributed by atoms with E-state index in [0.717, 1.165) is 16.7 Å². The average molecular weight is 324 g/mol. The summed E-state index contributed by atoms with van der Waals surface area (Å²) in [7, 11) is 0. The molecule has 2 rings (SSSR count). The molecule has 0 heterocycles. The second kappa shape index (κ2) is 7.77. The first-order valence-corrected chi connectivity index (χ1v) is 8.12. The molecule has 0 aliphatic carbocycles. The normalized spacial score (nSPS) is 10.5. The van der Waals surface area contributed by atoms with Crippen LogP contribution >= 0.6 is 0 Å². The van der Waals surface area contributed by atoms with Crippen molar-refractivity contribution in [2.24, 2.45) is 0 Å². The number of nitrogens with one attached hydrogen (secondary N) is 2. The van der Waals surface area contributed by atoms with Crippen LogP contribution in [0.15, 0.2) is 42.5 Å². The summed E-state index contributed by atoms with van der Waals surface area (Å²) in [5.41, 5.74) is 4.21. The van der Waals surface area contributed by atoms with Crippen molar-refractivity contribution < 1.29 is 9.59 Å². The van der Waals surface area contributed by atoms with Gasteiger partial charge in [0.15, 0.2) is 0 Å². The van der Waals surface area contributed by atoms with Gasteiger partial charge in [-0.25, -0.2) is 0 Å². The van der Waals surface area contributed by atoms with Crippen LogP contribution in [0, 0.1) is 13.8 Å². The number of rotatable bonds is 5. The number of carbonyl (C=O) groups is 2. The molecule has 24 heavy (non-hydrogen) atoms. The molecule has 0 saturated carbocycles. The van der Waals surface area contributed by atoms with E-state index in [1.165, 1.54) is 0 Å². The Morgan fingerprint density at radius 3 is 2.46 bits per heavy atom. The largest absolute Gasteiger partial charge is 0.350 e. The third kappa shape index (κ3) is 4.69. The number of aryl methyl sites for hydroxylation is 2. The van der Waals surface area contributed by atoms with Crippen molar-refractivity contribution in [3.8, 4) is 0 Å². The zero-order valence-electron chi connectivity index (χ0n) is 14.6. The minimum Gasteiger partial charge on any atom is -0.350 e. The van der Waals surface area contributed by atoms with Crippen molar-refractivity contribution in [3.63, 3.8) is 0 Å². The van der Waals surface area contributed by atoms with Crippen molar-refractivity contribution in [1.82, 2.24) is 5.32 Å². The molecule has 0 saturated heterocycles. The molecule has 0 aromatic heterocycles. The molecule has 0 radical (unpaired) electrons. The van der Waals surface area contributed by atoms with Crippen LogP contribution in [0.5, 0.6) is 0 Å². The van der Waals surface area contributed by atoms with Crippen LogP contribution in [0.25, 0.3) is 0 Å². The number of para-hydroxylation sites is 1. The molecular weight excluding hydrogens is 300 g/mol. The Balaban J connectivity index is 2.14. The molecule has 2 amide bonds. The highest BCUT2D eigenvalue weighted by atomic mass is 16.2. The Kier molecular flexibility index (Phi) is 5.74. The first-order chi connectivity index (χ1) is 11.4. The highest BCUT2D eigenvalue weighted by Crippen LogP contribution is 2.17. The molecule has 0 spiro atoms. The second-order valence-corrected chi connectivity index (χ2v) is 6.33. The maximum atomic E-state index is 12.4. The van der Waals surface area contributed by atoms with E-state index in [-0.39, 0.29) is 24.3 Å². The molecule has 0 aliphatic rings. The number of amides is 2. The van der Waals surface area contributed by atoms with Gasteiger partial charge in [0.2, 0.25) is 5.91 Å². The SMILES string of the molecule is Cc1ccc(C)c(CC(=O)Nc2ccccc2C(=O)NC(C)C)c1. The fourth-order valence-electron chi connectivity index (χ4n) is 2.49. The zero-order valence-corrected chi connectivity index (χ0v) is 14.6. The van der Waals surface area contributed by atoms with Gasteiger partial charge < -0.3 is 10.6 Å². The third-order valence-electron chi connectivity index (χ3n) is 3.72. The molecule has 0 atom stereocenters. The molecule has 2 aromatic rings. The Hall–Kier alpha value is -2.62. The maximum Gasteiger partial charge on any atom is 0.253 e. The predicted molar refractivity (Wildman–Crippen MR) is 97.3 cm³/mol. The monoisotopic (exact) mass is 324 g/mol. The summed E-state index contributed by atoms with van der Waals surface area (Å²) >= 11 is 0. The predicted octanol–water partition coefficient (Wildman–Crippen LogP) is 3.62. The van der Waals surface area contributed by atoms with E-state index < -0.39 is 0 Å². The van der Waals surface area contributed by atoms with Gasteiger partial charge in [-0.15, -0.1) is 0 Å². The van der Waals surface area contributed by atoms with Gasteiger partial charge in [0.1, 0.15) is 0 Å². The zero-order chi connectivity index (χ0) is 17.7. The van der Waals surface area contributed by atoms with E-state index >= 15 is 0 Å². The number of carbonyl (C=O) groups excluding carboxylic acids is 2. The van der Waals surface area contributed by atoms with Crippen molar-refractivity contribution in [2.45, 2.75) is 40.2 Å². The van der Waals surface area contributed by atoms with Gasteiger partial charge >= 0.3 is 0 Å². The lowest BCUT2D eigenvalue weighted by atomic mass is 10.0. The number of hydrogen-bond acceptors (Lipinski definition) is 2. The molecule has 0 aliphatic heterocycles. The summed E-state index contributed by atoms with van der Waals surface area (Å²) < 4.78 is 0. The minimum atomic E-state index is -0.187. The van der Waals surface area contributed by atoms with Crippen molar-refractivity contribution in [2.75, 3.05) is 5.32 Å². The number of hydrogen-bond donors (Lipinski definition) is 2. The maximum absolute atomic E-state index is 12.4. The van der Waals surface area contributed by atoms with E-state index in [9.17, 15) is 9.59 Å². The van der Waals surface area contributed by atoms with Gasteiger partial charge in [0.25, 0.3) is 5.91 Å². The summed E-state index contributed by atoms with van der Waals surface area (Å²) in [5.74, 6) is -0.318. The van der Waals surface area contributed by atoms with E-state index in [2.05, 4.69) is 10.6 Å². The highest BCUT2D eigenvalue weighted by molar-refractivity contribution is 6.04. The standard InChI is InChI=1S/C20H24N2O2/c1-13(2)21-20(24)17-7-5-6-8-18(17)22-19(23)12-16-11-14(3)9-10-15(16)4/h5-11,13H,12H2,1-4H3,(H,21,24)(H,22,23). The fraction of sp³-hybridized carbons (Fsp3) is 0.300. The molecule has 0 fully saturated rings. The topological polar surface area (TPSA) is 58.2 Å². The fourth-order valence-corrected chi connectivity index (χ4v) is 2.49. The van der Waals surface area contributed by atoms with Gasteiger partial charge in [0.05, 0.1) is 17.7 Å². The summed E-state index contributed by atoms with van der Waals surface area (Å²) in [5, 5.41) is 5.71. The molecule has 126 valence electrons. The van der Waals surface area contributed by atoms with Crippen LogP contribution in [-0.2, 0) is 11.2 Å². The first kappa shape index (κ1) is 17.7. The Bertz CT molecular complexity index is 751. The molecule has 4 nitrogen and oxygen atoms in total. The van der Waals surface area contributed by atoms with Crippen LogP contribution in [-0.4, -0.2) is 17.9 Å². The van der Waals surface area contributed by atoms with Gasteiger partial charge in [-0.2, -0.15) is 0 Å². The summed E-state index contributed by atoms with van der Waals surface area (Å²) in [6.07, 6.45) is 0.285. The molecule has 0 bridgehead atoms. The van der Waals surface area contributed by atoms with Gasteiger partial charge in [-0.3, -0.25) is 9.59 Å². The van der Waals surface area contributed by atoms with E-state index in [1.807, 2.05) is 45.9 Å². The number of benzene rings is 2. The van der Waals surface area contributed by atoms with Gasteiger partial charge in [-0.05, 0) is 51.0 Å². The van der Waals surface area contributed by atoms with E-state index in [1.54, 1.807) is 24.3 Å². The molecule has 4 heteroatoms. The summed E-state index contributed by atoms with van der Waals surface area (Å²) in [6.45, 7) is 7.80. The van der Waals surface area contributed by atoms with Crippen LogP contribution < -0.4 is 10.6 Å². The number of anilines is 1. The Morgan fingerprint density at radius 2 is 1.75 bits per heavy atom. The average Bonchev–Trinajstić information content (AvgIpc) is 2.50. The lowest BCUT2D eigenvalue weighted by molar-refractivity contribution is -0.115. The van der Waals surface area contributed by atoms with Crippen LogP contribution in [0.2, 0.25) is 0 Å². The Labute approximate surface area is 143 Å². The summed E-state index contributed by atoms with van der Waals surface area (Å²) in [4.78, 5) is 24.7. The van der Waals surface area contributed by atoms with Gasteiger partial charge in [-0.1, -0.05) is 35.9 Å². The molecule has 2 aromatic carbocycles. The van der Waals surface area contributed by atoms with Crippen molar-refractivity contribution in [3.05, 3.63) is 64.7 Å². The lowest BCUT2D eigenvalue weighted by Gasteiger charge is -2.13. The minimum absolute atomic E-state index is 0.0381. The van der Waals surface area contributed by atoms with E-state index in [0.29, 0.717) is 11.3 Å². The summed E-state index contributed by atoms with van der Waals surface area (Å²) in [6, 6.07) is 13.2. The third-order valence-corrected chi connectivity index (χ3v) is 3.72. The van der Waals surface area contributed by atoms with E-state index in [4.69, 9.17) is 0 Å². The highest BCUT2D eigenvalue weighted by Gasteiger charge is 2.14. The molecule has 2 N–H and O–H groups in total. The van der Waals surface area contributed by atoms with Crippen LogP contribution in [0.4, 0.5) is 5.69 Å². The Morgan fingerprint density at radius 1 is 1.04 bits per heavy atom. The smallest absolute Gasteiger partial charge is 0.253 e. The van der Waals surface area contributed by atoms with Crippen molar-refractivity contribution in [1.29, 1.82) is 0 Å². The first-order valence-electron chi connectivity index (χ1n) is 8.12. The second-order valence-electron chi connectivity index (χ2n) is 6.33. The molecule has 0 unspecified atom stereocenters. The van der Waals surface area contributed by atoms with Crippen molar-refractivity contribution >= 4 is 17.5 Å². The molecular formula is C20H24N2O2. The lowest BCUT2D eigenvalue weighted by Crippen LogP contribution is -2.31. The van der Waals surface area contributed by atoms with Gasteiger partial charge in [0, 0.05) is 6.04 Å². The van der Waals surface area contributed by atoms with Crippen LogP contribution in [0.3, 0.4) is 0 Å². The quantitative estimate of drug-likeness (QED) is 0.882. The van der Waals surface area contributed by atoms with Crippen LogP contribution in [0.1, 0.15) is 40.9 Å².